The molecule has 3 nitrogen and oxygen atoms in total. The van der Waals surface area contributed by atoms with Crippen molar-refractivity contribution in [3.63, 3.8) is 0 Å². The summed E-state index contributed by atoms with van der Waals surface area (Å²) in [7, 11) is 0. The van der Waals surface area contributed by atoms with Gasteiger partial charge in [0.1, 0.15) is 5.60 Å². The molecular weight excluding hydrogens is 286 g/mol. The zero-order valence-corrected chi connectivity index (χ0v) is 13.8. The molecule has 0 unspecified atom stereocenters. The van der Waals surface area contributed by atoms with E-state index in [-0.39, 0.29) is 18.4 Å². The fourth-order valence-corrected chi connectivity index (χ4v) is 2.94. The van der Waals surface area contributed by atoms with Crippen molar-refractivity contribution >= 4 is 18.4 Å². The van der Waals surface area contributed by atoms with Crippen LogP contribution in [0.2, 0.25) is 0 Å². The smallest absolute Gasteiger partial charge is 0.306 e. The minimum atomic E-state index is -0.418. The molecule has 1 aromatic carbocycles. The number of hydrogen-bond acceptors (Lipinski definition) is 3. The van der Waals surface area contributed by atoms with Crippen LogP contribution in [0.25, 0.3) is 0 Å². The zero-order valence-electron chi connectivity index (χ0n) is 13.0. The van der Waals surface area contributed by atoms with Gasteiger partial charge in [0.25, 0.3) is 0 Å². The topological polar surface area (TPSA) is 29.5 Å². The number of ether oxygens (including phenoxy) is 1. The first kappa shape index (κ1) is 18.0. The van der Waals surface area contributed by atoms with Crippen LogP contribution in [0.15, 0.2) is 30.3 Å². The highest BCUT2D eigenvalue weighted by Gasteiger charge is 2.39. The Bertz CT molecular complexity index is 428. The summed E-state index contributed by atoms with van der Waals surface area (Å²) < 4.78 is 5.88. The lowest BCUT2D eigenvalue weighted by atomic mass is 9.84. The van der Waals surface area contributed by atoms with Crippen LogP contribution in [0.5, 0.6) is 0 Å². The maximum absolute atomic E-state index is 11.8. The summed E-state index contributed by atoms with van der Waals surface area (Å²) in [6, 6.07) is 10.2. The quantitative estimate of drug-likeness (QED) is 0.775. The number of hydrogen-bond donors (Lipinski definition) is 0. The van der Waals surface area contributed by atoms with Gasteiger partial charge in [0.05, 0.1) is 0 Å². The predicted molar refractivity (Wildman–Crippen MR) is 87.7 cm³/mol. The number of esters is 1. The number of rotatable bonds is 5. The van der Waals surface area contributed by atoms with Gasteiger partial charge in [-0.05, 0) is 18.5 Å². The maximum Gasteiger partial charge on any atom is 0.306 e. The molecule has 0 saturated carbocycles. The van der Waals surface area contributed by atoms with E-state index in [1.54, 1.807) is 0 Å². The van der Waals surface area contributed by atoms with E-state index < -0.39 is 5.60 Å². The van der Waals surface area contributed by atoms with Gasteiger partial charge < -0.3 is 9.64 Å². The van der Waals surface area contributed by atoms with Gasteiger partial charge in [0, 0.05) is 32.4 Å². The fraction of sp³-hybridized carbons (Fsp3) is 0.588. The van der Waals surface area contributed by atoms with E-state index >= 15 is 0 Å². The molecule has 0 atom stereocenters. The molecule has 1 aliphatic rings. The Morgan fingerprint density at radius 3 is 2.33 bits per heavy atom. The molecule has 1 saturated heterocycles. The molecule has 2 rings (SSSR count). The van der Waals surface area contributed by atoms with Crippen molar-refractivity contribution in [1.29, 1.82) is 0 Å². The third-order valence-electron chi connectivity index (χ3n) is 4.10. The first-order valence-corrected chi connectivity index (χ1v) is 7.70. The van der Waals surface area contributed by atoms with Gasteiger partial charge in [-0.2, -0.15) is 0 Å². The van der Waals surface area contributed by atoms with Gasteiger partial charge in [-0.25, -0.2) is 0 Å². The van der Waals surface area contributed by atoms with E-state index in [0.717, 1.165) is 38.0 Å². The minimum absolute atomic E-state index is 0. The summed E-state index contributed by atoms with van der Waals surface area (Å²) >= 11 is 0. The molecule has 1 fully saturated rings. The second-order valence-corrected chi connectivity index (χ2v) is 5.53. The van der Waals surface area contributed by atoms with Crippen LogP contribution in [0.3, 0.4) is 0 Å². The SMILES string of the molecule is CCCN1CCC(OC(=O)CC)(c2ccccc2)CC1.Cl. The maximum atomic E-state index is 11.8. The molecule has 0 amide bonds. The molecule has 0 radical (unpaired) electrons. The summed E-state index contributed by atoms with van der Waals surface area (Å²) in [4.78, 5) is 14.3. The van der Waals surface area contributed by atoms with Crippen LogP contribution in [0.1, 0.15) is 45.1 Å². The molecule has 0 aromatic heterocycles. The lowest BCUT2D eigenvalue weighted by Gasteiger charge is -2.41. The van der Waals surface area contributed by atoms with Crippen molar-refractivity contribution in [2.75, 3.05) is 19.6 Å². The predicted octanol–water partition coefficient (Wildman–Crippen LogP) is 3.76. The molecular formula is C17H26ClNO2. The summed E-state index contributed by atoms with van der Waals surface area (Å²) in [5.41, 5.74) is 0.719. The number of piperidine rings is 1. The standard InChI is InChI=1S/C17H25NO2.ClH/c1-3-12-18-13-10-17(11-14-18,20-16(19)4-2)15-8-6-5-7-9-15;/h5-9H,3-4,10-14H2,1-2H3;1H. The fourth-order valence-electron chi connectivity index (χ4n) is 2.94. The molecule has 0 spiro atoms. The Kier molecular flexibility index (Phi) is 7.20. The van der Waals surface area contributed by atoms with Gasteiger partial charge in [-0.1, -0.05) is 44.2 Å². The van der Waals surface area contributed by atoms with Crippen molar-refractivity contribution < 1.29 is 9.53 Å². The second-order valence-electron chi connectivity index (χ2n) is 5.53. The Labute approximate surface area is 134 Å². The molecule has 1 aromatic rings. The summed E-state index contributed by atoms with van der Waals surface area (Å²) in [6.45, 7) is 7.19. The van der Waals surface area contributed by atoms with Gasteiger partial charge in [0.2, 0.25) is 0 Å². The van der Waals surface area contributed by atoms with Gasteiger partial charge in [0.15, 0.2) is 0 Å². The van der Waals surface area contributed by atoms with Crippen molar-refractivity contribution in [3.8, 4) is 0 Å². The largest absolute Gasteiger partial charge is 0.454 e. The summed E-state index contributed by atoms with van der Waals surface area (Å²) in [6.07, 6.45) is 3.39. The van der Waals surface area contributed by atoms with Gasteiger partial charge in [-0.15, -0.1) is 12.4 Å². The number of carbonyl (C=O) groups is 1. The lowest BCUT2D eigenvalue weighted by Crippen LogP contribution is -2.45. The second kappa shape index (κ2) is 8.40. The first-order chi connectivity index (χ1) is 9.70. The van der Waals surface area contributed by atoms with Crippen molar-refractivity contribution in [3.05, 3.63) is 35.9 Å². The molecule has 0 bridgehead atoms. The minimum Gasteiger partial charge on any atom is -0.454 e. The highest BCUT2D eigenvalue weighted by Crippen LogP contribution is 2.37. The number of benzene rings is 1. The highest BCUT2D eigenvalue weighted by atomic mass is 35.5. The number of halogens is 1. The van der Waals surface area contributed by atoms with E-state index in [2.05, 4.69) is 24.0 Å². The molecule has 1 heterocycles. The Hall–Kier alpha value is -1.06. The highest BCUT2D eigenvalue weighted by molar-refractivity contribution is 5.85. The summed E-state index contributed by atoms with van der Waals surface area (Å²) in [5, 5.41) is 0. The molecule has 1 aliphatic heterocycles. The van der Waals surface area contributed by atoms with E-state index in [1.807, 2.05) is 25.1 Å². The molecule has 118 valence electrons. The van der Waals surface area contributed by atoms with Crippen molar-refractivity contribution in [1.82, 2.24) is 4.90 Å². The molecule has 21 heavy (non-hydrogen) atoms. The average Bonchev–Trinajstić information content (AvgIpc) is 2.50. The third-order valence-corrected chi connectivity index (χ3v) is 4.10. The van der Waals surface area contributed by atoms with Crippen LogP contribution in [-0.4, -0.2) is 30.5 Å². The number of likely N-dealkylation sites (tertiary alicyclic amines) is 1. The van der Waals surface area contributed by atoms with Crippen molar-refractivity contribution in [2.24, 2.45) is 0 Å². The van der Waals surface area contributed by atoms with E-state index in [4.69, 9.17) is 4.74 Å². The Morgan fingerprint density at radius 2 is 1.81 bits per heavy atom. The van der Waals surface area contributed by atoms with Crippen LogP contribution < -0.4 is 0 Å². The number of carbonyl (C=O) groups excluding carboxylic acids is 1. The van der Waals surface area contributed by atoms with E-state index in [1.165, 1.54) is 6.42 Å². The van der Waals surface area contributed by atoms with E-state index in [9.17, 15) is 4.79 Å². The Morgan fingerprint density at radius 1 is 1.19 bits per heavy atom. The Balaban J connectivity index is 0.00000220. The molecule has 0 N–H and O–H groups in total. The molecule has 0 aliphatic carbocycles. The van der Waals surface area contributed by atoms with E-state index in [0.29, 0.717) is 6.42 Å². The van der Waals surface area contributed by atoms with Crippen LogP contribution in [0.4, 0.5) is 0 Å². The van der Waals surface area contributed by atoms with Gasteiger partial charge >= 0.3 is 5.97 Å². The molecule has 4 heteroatoms. The van der Waals surface area contributed by atoms with Crippen LogP contribution in [0, 0.1) is 0 Å². The van der Waals surface area contributed by atoms with Crippen molar-refractivity contribution in [2.45, 2.75) is 45.1 Å². The summed E-state index contributed by atoms with van der Waals surface area (Å²) in [5.74, 6) is -0.0993. The van der Waals surface area contributed by atoms with Crippen LogP contribution >= 0.6 is 12.4 Å². The van der Waals surface area contributed by atoms with Crippen LogP contribution in [-0.2, 0) is 15.1 Å². The third kappa shape index (κ3) is 4.45. The normalized spacial score (nSPS) is 17.8. The zero-order chi connectivity index (χ0) is 14.4. The lowest BCUT2D eigenvalue weighted by molar-refractivity contribution is -0.166. The number of nitrogens with zero attached hydrogens (tertiary/aromatic N) is 1. The first-order valence-electron chi connectivity index (χ1n) is 7.70. The average molecular weight is 312 g/mol. The monoisotopic (exact) mass is 311 g/mol. The van der Waals surface area contributed by atoms with Gasteiger partial charge in [-0.3, -0.25) is 4.79 Å².